The Morgan fingerprint density at radius 1 is 1.24 bits per heavy atom. The third-order valence-electron chi connectivity index (χ3n) is 6.47. The van der Waals surface area contributed by atoms with Crippen LogP contribution in [0.5, 0.6) is 0 Å². The van der Waals surface area contributed by atoms with Crippen molar-refractivity contribution in [1.82, 2.24) is 19.6 Å². The zero-order valence-electron chi connectivity index (χ0n) is 16.6. The van der Waals surface area contributed by atoms with Crippen LogP contribution in [0.1, 0.15) is 54.7 Å². The third kappa shape index (κ3) is 3.16. The summed E-state index contributed by atoms with van der Waals surface area (Å²) in [4.78, 5) is 37.5. The molecule has 29 heavy (non-hydrogen) atoms. The molecule has 3 aliphatic rings. The lowest BCUT2D eigenvalue weighted by Gasteiger charge is -2.37. The minimum atomic E-state index is -0.461. The van der Waals surface area contributed by atoms with Gasteiger partial charge in [-0.3, -0.25) is 9.59 Å². The lowest BCUT2D eigenvalue weighted by Crippen LogP contribution is -2.48. The molecule has 4 heterocycles. The monoisotopic (exact) mass is 395 g/mol. The first kappa shape index (κ1) is 18.1. The molecule has 2 aromatic rings. The summed E-state index contributed by atoms with van der Waals surface area (Å²) in [6, 6.07) is 6.03. The van der Waals surface area contributed by atoms with Crippen molar-refractivity contribution in [3.63, 3.8) is 0 Å². The van der Waals surface area contributed by atoms with E-state index in [0.29, 0.717) is 43.8 Å². The van der Waals surface area contributed by atoms with Crippen molar-refractivity contribution >= 4 is 23.2 Å². The Morgan fingerprint density at radius 2 is 2.03 bits per heavy atom. The molecule has 0 atom stereocenters. The fourth-order valence-corrected chi connectivity index (χ4v) is 4.32. The largest absolute Gasteiger partial charge is 0.388 e. The van der Waals surface area contributed by atoms with E-state index in [1.807, 2.05) is 40.6 Å². The van der Waals surface area contributed by atoms with Crippen LogP contribution >= 0.6 is 0 Å². The molecule has 5 rings (SSSR count). The van der Waals surface area contributed by atoms with Crippen molar-refractivity contribution in [2.75, 3.05) is 13.1 Å². The van der Waals surface area contributed by atoms with E-state index in [-0.39, 0.29) is 17.9 Å². The molecular formula is C21H25N5O3. The number of nitrogens with zero attached hydrogens (tertiary/aromatic N) is 4. The van der Waals surface area contributed by atoms with Crippen LogP contribution in [0.25, 0.3) is 5.65 Å². The molecule has 1 saturated carbocycles. The van der Waals surface area contributed by atoms with Gasteiger partial charge in [-0.1, -0.05) is 11.2 Å². The maximum absolute atomic E-state index is 13.0. The van der Waals surface area contributed by atoms with Crippen LogP contribution in [0, 0.1) is 6.92 Å². The van der Waals surface area contributed by atoms with Crippen LogP contribution in [0.2, 0.25) is 0 Å². The number of nitrogens with one attached hydrogen (secondary N) is 1. The number of imidazole rings is 1. The van der Waals surface area contributed by atoms with Gasteiger partial charge in [0.05, 0.1) is 5.69 Å². The fourth-order valence-electron chi connectivity index (χ4n) is 4.32. The topological polar surface area (TPSA) is 88.3 Å². The smallest absolute Gasteiger partial charge is 0.274 e. The normalized spacial score (nSPS) is 21.0. The van der Waals surface area contributed by atoms with Gasteiger partial charge in [-0.25, -0.2) is 4.98 Å². The molecule has 2 aromatic heterocycles. The van der Waals surface area contributed by atoms with Gasteiger partial charge in [-0.2, -0.15) is 0 Å². The lowest BCUT2D eigenvalue weighted by molar-refractivity contribution is -0.116. The maximum Gasteiger partial charge on any atom is 0.274 e. The summed E-state index contributed by atoms with van der Waals surface area (Å²) in [5.41, 5.74) is 2.14. The molecule has 1 aliphatic carbocycles. The van der Waals surface area contributed by atoms with Gasteiger partial charge < -0.3 is 19.5 Å². The second-order valence-electron chi connectivity index (χ2n) is 8.36. The number of likely N-dealkylation sites (tertiary alicyclic amines) is 1. The molecule has 152 valence electrons. The van der Waals surface area contributed by atoms with Crippen LogP contribution in [-0.2, 0) is 9.63 Å². The number of carbonyl (C=O) groups excluding carboxylic acids is 2. The Hall–Kier alpha value is -2.90. The van der Waals surface area contributed by atoms with Crippen molar-refractivity contribution in [2.24, 2.45) is 5.16 Å². The number of carbonyl (C=O) groups is 2. The first-order valence-corrected chi connectivity index (χ1v) is 10.3. The minimum absolute atomic E-state index is 0.0529. The Morgan fingerprint density at radius 3 is 2.72 bits per heavy atom. The predicted octanol–water partition coefficient (Wildman–Crippen LogP) is 2.06. The Bertz CT molecular complexity index is 999. The zero-order valence-corrected chi connectivity index (χ0v) is 16.6. The van der Waals surface area contributed by atoms with Gasteiger partial charge in [0.15, 0.2) is 0 Å². The number of amides is 2. The molecule has 8 heteroatoms. The quantitative estimate of drug-likeness (QED) is 0.862. The van der Waals surface area contributed by atoms with Crippen LogP contribution in [-0.4, -0.2) is 56.5 Å². The summed E-state index contributed by atoms with van der Waals surface area (Å²) in [7, 11) is 0. The van der Waals surface area contributed by atoms with Crippen molar-refractivity contribution in [1.29, 1.82) is 0 Å². The van der Waals surface area contributed by atoms with E-state index in [9.17, 15) is 9.59 Å². The Labute approximate surface area is 168 Å². The number of rotatable bonds is 3. The second-order valence-corrected chi connectivity index (χ2v) is 8.36. The molecule has 2 fully saturated rings. The van der Waals surface area contributed by atoms with E-state index in [2.05, 4.69) is 15.5 Å². The zero-order chi connectivity index (χ0) is 20.0. The van der Waals surface area contributed by atoms with Crippen molar-refractivity contribution in [3.05, 3.63) is 35.8 Å². The number of hydrogen-bond donors (Lipinski definition) is 1. The highest BCUT2D eigenvalue weighted by atomic mass is 16.7. The second kappa shape index (κ2) is 6.86. The maximum atomic E-state index is 13.0. The molecule has 1 N–H and O–H groups in total. The number of piperidine rings is 1. The van der Waals surface area contributed by atoms with Crippen LogP contribution in [0.15, 0.2) is 29.6 Å². The number of aryl methyl sites for hydroxylation is 1. The minimum Gasteiger partial charge on any atom is -0.388 e. The van der Waals surface area contributed by atoms with Crippen molar-refractivity contribution < 1.29 is 14.4 Å². The van der Waals surface area contributed by atoms with Crippen molar-refractivity contribution in [2.45, 2.75) is 57.1 Å². The average Bonchev–Trinajstić information content (AvgIpc) is 3.27. The molecule has 1 spiro atoms. The number of fused-ring (bicyclic) bond motifs is 1. The number of pyridine rings is 1. The Balaban J connectivity index is 1.22. The van der Waals surface area contributed by atoms with Gasteiger partial charge >= 0.3 is 0 Å². The van der Waals surface area contributed by atoms with Gasteiger partial charge in [-0.15, -0.1) is 0 Å². The molecule has 0 unspecified atom stereocenters. The van der Waals surface area contributed by atoms with Gasteiger partial charge in [0.2, 0.25) is 0 Å². The highest BCUT2D eigenvalue weighted by molar-refractivity contribution is 6.39. The molecule has 2 amide bonds. The summed E-state index contributed by atoms with van der Waals surface area (Å²) in [6.07, 6.45) is 7.02. The summed E-state index contributed by atoms with van der Waals surface area (Å²) in [5, 5.41) is 7.10. The highest BCUT2D eigenvalue weighted by Crippen LogP contribution is 2.35. The van der Waals surface area contributed by atoms with Gasteiger partial charge in [0.1, 0.15) is 22.7 Å². The van der Waals surface area contributed by atoms with E-state index < -0.39 is 5.60 Å². The van der Waals surface area contributed by atoms with Gasteiger partial charge in [0.25, 0.3) is 11.8 Å². The number of aromatic nitrogens is 2. The van der Waals surface area contributed by atoms with Crippen LogP contribution < -0.4 is 5.32 Å². The lowest BCUT2D eigenvalue weighted by atomic mass is 9.86. The Kier molecular flexibility index (Phi) is 4.29. The van der Waals surface area contributed by atoms with Crippen molar-refractivity contribution in [3.8, 4) is 0 Å². The van der Waals surface area contributed by atoms with E-state index in [1.54, 1.807) is 0 Å². The van der Waals surface area contributed by atoms with Crippen LogP contribution in [0.3, 0.4) is 0 Å². The average molecular weight is 395 g/mol. The predicted molar refractivity (Wildman–Crippen MR) is 107 cm³/mol. The summed E-state index contributed by atoms with van der Waals surface area (Å²) in [5.74, 6) is -0.159. The summed E-state index contributed by atoms with van der Waals surface area (Å²) in [6.45, 7) is 3.05. The van der Waals surface area contributed by atoms with E-state index in [4.69, 9.17) is 4.84 Å². The summed E-state index contributed by atoms with van der Waals surface area (Å²) >= 11 is 0. The highest BCUT2D eigenvalue weighted by Gasteiger charge is 2.45. The standard InChI is InChI=1S/C21H25N5O3/c1-14-18(23-17-7-2-3-10-26(14)17)20(28)25-11-8-21(9-12-25)13-16(24-29-21)19(27)22-15-5-4-6-15/h2-3,7,10,15H,4-6,8-9,11-13H2,1H3,(H,22,27). The molecule has 2 aliphatic heterocycles. The molecule has 8 nitrogen and oxygen atoms in total. The fraction of sp³-hybridized carbons (Fsp3) is 0.524. The third-order valence-corrected chi connectivity index (χ3v) is 6.47. The van der Waals surface area contributed by atoms with E-state index in [0.717, 1.165) is 24.2 Å². The van der Waals surface area contributed by atoms with E-state index in [1.165, 1.54) is 6.42 Å². The van der Waals surface area contributed by atoms with E-state index >= 15 is 0 Å². The molecule has 1 saturated heterocycles. The molecule has 0 radical (unpaired) electrons. The molecule has 0 aromatic carbocycles. The van der Waals surface area contributed by atoms with Gasteiger partial charge in [0, 0.05) is 44.6 Å². The SMILES string of the molecule is Cc1c(C(=O)N2CCC3(CC2)CC(C(=O)NC2CCC2)=NO3)nc2ccccn12. The van der Waals surface area contributed by atoms with Gasteiger partial charge in [-0.05, 0) is 38.3 Å². The first-order valence-electron chi connectivity index (χ1n) is 10.3. The number of oxime groups is 1. The molecule has 0 bridgehead atoms. The number of hydrogen-bond acceptors (Lipinski definition) is 5. The summed E-state index contributed by atoms with van der Waals surface area (Å²) < 4.78 is 1.93. The molecular weight excluding hydrogens is 370 g/mol. The van der Waals surface area contributed by atoms with Crippen LogP contribution in [0.4, 0.5) is 0 Å². The first-order chi connectivity index (χ1) is 14.0.